The molecule has 5 heterocycles. The highest BCUT2D eigenvalue weighted by Crippen LogP contribution is 2.31. The molecule has 10 nitrogen and oxygen atoms in total. The molecule has 43 heavy (non-hydrogen) atoms. The van der Waals surface area contributed by atoms with E-state index in [9.17, 15) is 14.7 Å². The Morgan fingerprint density at radius 3 is 2.65 bits per heavy atom. The first-order valence-corrected chi connectivity index (χ1v) is 14.8. The van der Waals surface area contributed by atoms with Crippen molar-refractivity contribution in [2.24, 2.45) is 0 Å². The normalized spacial score (nSPS) is 17.7. The molecule has 2 N–H and O–H groups in total. The molecular weight excluding hydrogens is 570 g/mol. The van der Waals surface area contributed by atoms with Gasteiger partial charge in [-0.1, -0.05) is 17.7 Å². The lowest BCUT2D eigenvalue weighted by Gasteiger charge is -2.32. The van der Waals surface area contributed by atoms with Gasteiger partial charge < -0.3 is 24.1 Å². The fourth-order valence-electron chi connectivity index (χ4n) is 5.99. The van der Waals surface area contributed by atoms with E-state index in [1.807, 2.05) is 12.1 Å². The molecule has 11 heteroatoms. The van der Waals surface area contributed by atoms with Crippen molar-refractivity contribution in [2.45, 2.75) is 44.4 Å². The summed E-state index contributed by atoms with van der Waals surface area (Å²) in [5, 5.41) is 13.7. The van der Waals surface area contributed by atoms with Gasteiger partial charge in [0.15, 0.2) is 0 Å². The minimum absolute atomic E-state index is 0.124. The quantitative estimate of drug-likeness (QED) is 0.224. The number of imidazole rings is 1. The number of halogens is 1. The maximum Gasteiger partial charge on any atom is 0.335 e. The number of carbonyl (C=O) groups is 2. The third-order valence-corrected chi connectivity index (χ3v) is 8.77. The van der Waals surface area contributed by atoms with Crippen LogP contribution in [0.4, 0.5) is 5.82 Å². The molecule has 2 aliphatic heterocycles. The van der Waals surface area contributed by atoms with Crippen molar-refractivity contribution in [3.63, 3.8) is 0 Å². The molecule has 7 rings (SSSR count). The third kappa shape index (κ3) is 5.49. The van der Waals surface area contributed by atoms with Crippen molar-refractivity contribution in [2.75, 3.05) is 25.0 Å². The zero-order chi connectivity index (χ0) is 29.5. The number of nitrogens with one attached hydrogen (secondary N) is 1. The highest BCUT2D eigenvalue weighted by Gasteiger charge is 2.26. The highest BCUT2D eigenvalue weighted by atomic mass is 35.5. The molecule has 220 valence electrons. The van der Waals surface area contributed by atoms with Crippen LogP contribution in [0.3, 0.4) is 0 Å². The number of ether oxygens (including phenoxy) is 1. The minimum atomic E-state index is -0.949. The van der Waals surface area contributed by atoms with Gasteiger partial charge in [-0.3, -0.25) is 9.69 Å². The summed E-state index contributed by atoms with van der Waals surface area (Å²) in [5.41, 5.74) is 3.68. The second-order valence-electron chi connectivity index (χ2n) is 11.1. The number of amides is 1. The van der Waals surface area contributed by atoms with Gasteiger partial charge in [0.2, 0.25) is 0 Å². The number of hydrogen-bond acceptors (Lipinski definition) is 7. The largest absolute Gasteiger partial charge is 0.478 e. The van der Waals surface area contributed by atoms with Gasteiger partial charge in [0.25, 0.3) is 5.91 Å². The molecule has 1 atom stereocenters. The van der Waals surface area contributed by atoms with E-state index in [0.717, 1.165) is 61.5 Å². The predicted molar refractivity (Wildman–Crippen MR) is 162 cm³/mol. The van der Waals surface area contributed by atoms with Gasteiger partial charge in [0.05, 0.1) is 52.6 Å². The van der Waals surface area contributed by atoms with E-state index in [-0.39, 0.29) is 23.5 Å². The number of anilines is 1. The lowest BCUT2D eigenvalue weighted by molar-refractivity contribution is -0.0592. The number of aromatic nitrogens is 3. The second kappa shape index (κ2) is 11.4. The second-order valence-corrected chi connectivity index (χ2v) is 11.5. The molecule has 0 saturated carbocycles. The number of fused-ring (bicyclic) bond motifs is 2. The molecule has 2 fully saturated rings. The Hall–Kier alpha value is -4.25. The van der Waals surface area contributed by atoms with Gasteiger partial charge in [0.1, 0.15) is 17.2 Å². The summed E-state index contributed by atoms with van der Waals surface area (Å²) in [4.78, 5) is 36.7. The SMILES string of the molecule is O=C(O)c1ccc2nc(CN3CCC(c4cccc(NC(=O)c5ccc(Cl)c6ccoc56)n4)CC3)n(C[C@@H]3CCO3)c2c1. The van der Waals surface area contributed by atoms with E-state index in [4.69, 9.17) is 30.7 Å². The zero-order valence-electron chi connectivity index (χ0n) is 23.3. The molecule has 5 aromatic rings. The van der Waals surface area contributed by atoms with Crippen molar-refractivity contribution in [3.05, 3.63) is 88.5 Å². The van der Waals surface area contributed by atoms with Crippen LogP contribution >= 0.6 is 11.6 Å². The zero-order valence-corrected chi connectivity index (χ0v) is 24.1. The number of carboxylic acids is 1. The molecular formula is C32H30ClN5O5. The highest BCUT2D eigenvalue weighted by molar-refractivity contribution is 6.36. The molecule has 0 aliphatic carbocycles. The van der Waals surface area contributed by atoms with Gasteiger partial charge in [-0.25, -0.2) is 14.8 Å². The number of aromatic carboxylic acids is 1. The number of hydrogen-bond donors (Lipinski definition) is 2. The fourth-order valence-corrected chi connectivity index (χ4v) is 6.20. The first-order valence-electron chi connectivity index (χ1n) is 14.4. The van der Waals surface area contributed by atoms with Crippen LogP contribution in [-0.2, 0) is 17.8 Å². The van der Waals surface area contributed by atoms with Crippen LogP contribution in [0, 0.1) is 0 Å². The van der Waals surface area contributed by atoms with E-state index in [1.165, 1.54) is 6.26 Å². The monoisotopic (exact) mass is 599 g/mol. The van der Waals surface area contributed by atoms with E-state index in [0.29, 0.717) is 40.5 Å². The molecule has 0 unspecified atom stereocenters. The minimum Gasteiger partial charge on any atom is -0.478 e. The molecule has 2 saturated heterocycles. The Bertz CT molecular complexity index is 1840. The van der Waals surface area contributed by atoms with Crippen molar-refractivity contribution in [3.8, 4) is 0 Å². The van der Waals surface area contributed by atoms with Gasteiger partial charge >= 0.3 is 5.97 Å². The first kappa shape index (κ1) is 27.6. The van der Waals surface area contributed by atoms with Crippen LogP contribution < -0.4 is 5.32 Å². The summed E-state index contributed by atoms with van der Waals surface area (Å²) in [6, 6.07) is 15.9. The number of furan rings is 1. The predicted octanol–water partition coefficient (Wildman–Crippen LogP) is 5.95. The van der Waals surface area contributed by atoms with Crippen LogP contribution in [0.25, 0.3) is 22.0 Å². The van der Waals surface area contributed by atoms with Gasteiger partial charge in [-0.05, 0) is 80.9 Å². The molecule has 2 aliphatic rings. The standard InChI is InChI=1S/C32H30ClN5O5/c33-24-6-5-23(30-22(24)11-15-43-30)31(39)36-28-3-1-2-25(34-28)19-8-12-37(13-9-19)18-29-35-26-7-4-20(32(40)41)16-27(26)38(29)17-21-10-14-42-21/h1-7,11,15-16,19,21H,8-10,12-14,17-18H2,(H,40,41)(H,34,36,39)/t21-/m0/s1. The van der Waals surface area contributed by atoms with Crippen molar-refractivity contribution in [1.82, 2.24) is 19.4 Å². The molecule has 0 bridgehead atoms. The Labute approximate surface area is 252 Å². The summed E-state index contributed by atoms with van der Waals surface area (Å²) in [6.07, 6.45) is 4.47. The summed E-state index contributed by atoms with van der Waals surface area (Å²) >= 11 is 6.23. The first-order chi connectivity index (χ1) is 20.9. The average molecular weight is 600 g/mol. The molecule has 0 radical (unpaired) electrons. The molecule has 2 aromatic carbocycles. The van der Waals surface area contributed by atoms with E-state index in [2.05, 4.69) is 14.8 Å². The number of carbonyl (C=O) groups excluding carboxylic acids is 1. The van der Waals surface area contributed by atoms with Gasteiger partial charge in [-0.2, -0.15) is 0 Å². The topological polar surface area (TPSA) is 123 Å². The fraction of sp³-hybridized carbons (Fsp3) is 0.312. The van der Waals surface area contributed by atoms with Crippen LogP contribution in [0.1, 0.15) is 57.4 Å². The number of nitrogens with zero attached hydrogens (tertiary/aromatic N) is 4. The third-order valence-electron chi connectivity index (χ3n) is 8.45. The average Bonchev–Trinajstić information content (AvgIpc) is 3.61. The van der Waals surface area contributed by atoms with Crippen molar-refractivity contribution in [1.29, 1.82) is 0 Å². The van der Waals surface area contributed by atoms with E-state index in [1.54, 1.807) is 42.5 Å². The van der Waals surface area contributed by atoms with Gasteiger partial charge in [0, 0.05) is 23.6 Å². The van der Waals surface area contributed by atoms with Crippen LogP contribution in [-0.4, -0.2) is 62.2 Å². The van der Waals surface area contributed by atoms with Crippen LogP contribution in [0.15, 0.2) is 65.3 Å². The molecule has 1 amide bonds. The summed E-state index contributed by atoms with van der Waals surface area (Å²) in [5.74, 6) is 0.423. The van der Waals surface area contributed by atoms with Gasteiger partial charge in [-0.15, -0.1) is 0 Å². The van der Waals surface area contributed by atoms with E-state index >= 15 is 0 Å². The number of benzene rings is 2. The van der Waals surface area contributed by atoms with Crippen molar-refractivity contribution >= 4 is 51.3 Å². The number of piperidine rings is 1. The number of likely N-dealkylation sites (tertiary alicyclic amines) is 1. The van der Waals surface area contributed by atoms with E-state index < -0.39 is 5.97 Å². The Balaban J connectivity index is 1.03. The summed E-state index contributed by atoms with van der Waals surface area (Å²) < 4.78 is 13.3. The molecule has 0 spiro atoms. The number of rotatable bonds is 8. The lowest BCUT2D eigenvalue weighted by Crippen LogP contribution is -2.35. The lowest BCUT2D eigenvalue weighted by atomic mass is 9.93. The smallest absolute Gasteiger partial charge is 0.335 e. The Morgan fingerprint density at radius 2 is 1.88 bits per heavy atom. The number of carboxylic acid groups (broad SMARTS) is 1. The summed E-state index contributed by atoms with van der Waals surface area (Å²) in [7, 11) is 0. The number of pyridine rings is 1. The van der Waals surface area contributed by atoms with Crippen LogP contribution in [0.5, 0.6) is 0 Å². The Morgan fingerprint density at radius 1 is 1.05 bits per heavy atom. The maximum absolute atomic E-state index is 13.1. The molecule has 3 aromatic heterocycles. The maximum atomic E-state index is 13.1. The summed E-state index contributed by atoms with van der Waals surface area (Å²) in [6.45, 7) is 3.83. The van der Waals surface area contributed by atoms with Crippen LogP contribution in [0.2, 0.25) is 5.02 Å². The van der Waals surface area contributed by atoms with Crippen molar-refractivity contribution < 1.29 is 23.8 Å². The Kier molecular flexibility index (Phi) is 7.34.